The Hall–Kier alpha value is -2.26. The largest absolute Gasteiger partial charge is 0.368 e. The van der Waals surface area contributed by atoms with Gasteiger partial charge in [-0.2, -0.15) is 5.26 Å². The number of benzene rings is 1. The summed E-state index contributed by atoms with van der Waals surface area (Å²) in [5, 5.41) is 9.16. The van der Waals surface area contributed by atoms with E-state index in [1.165, 1.54) is 0 Å². The maximum absolute atomic E-state index is 13.0. The zero-order chi connectivity index (χ0) is 14.8. The van der Waals surface area contributed by atoms with E-state index >= 15 is 0 Å². The van der Waals surface area contributed by atoms with Crippen LogP contribution in [0.2, 0.25) is 0 Å². The van der Waals surface area contributed by atoms with Crippen molar-refractivity contribution in [1.82, 2.24) is 9.97 Å². The average Bonchev–Trinajstić information content (AvgIpc) is 2.53. The molecule has 1 aromatic heterocycles. The number of rotatable bonds is 2. The van der Waals surface area contributed by atoms with Crippen molar-refractivity contribution in [3.05, 3.63) is 30.1 Å². The number of alkyl halides is 1. The Morgan fingerprint density at radius 1 is 1.29 bits per heavy atom. The molecule has 0 spiro atoms. The number of nitrogens with zero attached hydrogens (tertiary/aromatic N) is 4. The van der Waals surface area contributed by atoms with Gasteiger partial charge >= 0.3 is 0 Å². The van der Waals surface area contributed by atoms with Crippen molar-refractivity contribution in [3.8, 4) is 6.07 Å². The maximum atomic E-state index is 13.0. The minimum absolute atomic E-state index is 0.0538. The summed E-state index contributed by atoms with van der Waals surface area (Å²) in [5.74, 6) is -0.0592. The number of nitriles is 1. The van der Waals surface area contributed by atoms with E-state index in [4.69, 9.17) is 11.0 Å². The summed E-state index contributed by atoms with van der Waals surface area (Å²) in [4.78, 5) is 10.7. The highest BCUT2D eigenvalue weighted by molar-refractivity contribution is 5.92. The van der Waals surface area contributed by atoms with Gasteiger partial charge in [-0.15, -0.1) is 0 Å². The lowest BCUT2D eigenvalue weighted by Crippen LogP contribution is -2.47. The van der Waals surface area contributed by atoms with Gasteiger partial charge < -0.3 is 10.6 Å². The van der Waals surface area contributed by atoms with Gasteiger partial charge in [-0.1, -0.05) is 0 Å². The van der Waals surface area contributed by atoms with E-state index in [-0.39, 0.29) is 18.6 Å². The molecular formula is C15H16FN5. The summed E-state index contributed by atoms with van der Waals surface area (Å²) in [7, 11) is 0. The van der Waals surface area contributed by atoms with Crippen molar-refractivity contribution < 1.29 is 4.39 Å². The molecule has 2 unspecified atom stereocenters. The van der Waals surface area contributed by atoms with Crippen molar-refractivity contribution in [2.75, 3.05) is 24.7 Å². The highest BCUT2D eigenvalue weighted by Gasteiger charge is 2.26. The van der Waals surface area contributed by atoms with E-state index in [9.17, 15) is 4.39 Å². The molecule has 2 N–H and O–H groups in total. The van der Waals surface area contributed by atoms with E-state index in [0.29, 0.717) is 36.1 Å². The molecule has 2 aromatic rings. The molecule has 0 aliphatic carbocycles. The van der Waals surface area contributed by atoms with Crippen LogP contribution in [0.3, 0.4) is 0 Å². The van der Waals surface area contributed by atoms with Crippen LogP contribution in [0.5, 0.6) is 0 Å². The zero-order valence-electron chi connectivity index (χ0n) is 11.5. The normalized spacial score (nSPS) is 22.2. The fourth-order valence-corrected chi connectivity index (χ4v) is 2.94. The summed E-state index contributed by atoms with van der Waals surface area (Å²) in [5.41, 5.74) is 8.64. The molecular weight excluding hydrogens is 269 g/mol. The second-order valence-corrected chi connectivity index (χ2v) is 5.42. The van der Waals surface area contributed by atoms with Crippen LogP contribution in [0, 0.1) is 17.2 Å². The Kier molecular flexibility index (Phi) is 3.67. The van der Waals surface area contributed by atoms with E-state index < -0.39 is 0 Å². The molecule has 108 valence electrons. The van der Waals surface area contributed by atoms with Crippen LogP contribution in [-0.2, 0) is 0 Å². The van der Waals surface area contributed by atoms with E-state index in [1.54, 1.807) is 18.5 Å². The van der Waals surface area contributed by atoms with Crippen molar-refractivity contribution in [2.24, 2.45) is 11.7 Å². The number of anilines is 1. The lowest BCUT2D eigenvalue weighted by molar-refractivity contribution is 0.297. The molecule has 1 aliphatic heterocycles. The summed E-state index contributed by atoms with van der Waals surface area (Å²) in [6.07, 6.45) is 3.87. The van der Waals surface area contributed by atoms with Gasteiger partial charge in [0, 0.05) is 37.4 Å². The van der Waals surface area contributed by atoms with Crippen molar-refractivity contribution in [2.45, 2.75) is 12.5 Å². The van der Waals surface area contributed by atoms with Crippen LogP contribution in [0.25, 0.3) is 11.0 Å². The second kappa shape index (κ2) is 5.62. The first-order chi connectivity index (χ1) is 10.2. The molecule has 0 bridgehead atoms. The van der Waals surface area contributed by atoms with Gasteiger partial charge in [0.15, 0.2) is 0 Å². The standard InChI is InChI=1S/C15H16FN5/c16-6-10-5-12(18)9-21(8-10)13-2-1-11(7-17)14-15(13)20-4-3-19-14/h1-4,10,12H,5-6,8-9,18H2. The molecule has 1 aliphatic rings. The number of hydrogen-bond acceptors (Lipinski definition) is 5. The zero-order valence-corrected chi connectivity index (χ0v) is 11.5. The third-order valence-electron chi connectivity index (χ3n) is 3.85. The van der Waals surface area contributed by atoms with Crippen LogP contribution in [-0.4, -0.2) is 35.8 Å². The fraction of sp³-hybridized carbons (Fsp3) is 0.400. The molecule has 2 heterocycles. The Morgan fingerprint density at radius 3 is 2.76 bits per heavy atom. The van der Waals surface area contributed by atoms with Crippen molar-refractivity contribution >= 4 is 16.7 Å². The topological polar surface area (TPSA) is 78.8 Å². The highest BCUT2D eigenvalue weighted by atomic mass is 19.1. The van der Waals surface area contributed by atoms with Crippen LogP contribution < -0.4 is 10.6 Å². The van der Waals surface area contributed by atoms with Gasteiger partial charge in [0.2, 0.25) is 0 Å². The third kappa shape index (κ3) is 2.52. The van der Waals surface area contributed by atoms with Crippen LogP contribution in [0.1, 0.15) is 12.0 Å². The molecule has 0 radical (unpaired) electrons. The molecule has 0 saturated carbocycles. The number of nitrogens with two attached hydrogens (primary N) is 1. The lowest BCUT2D eigenvalue weighted by Gasteiger charge is -2.37. The summed E-state index contributed by atoms with van der Waals surface area (Å²) in [6, 6.07) is 5.65. The van der Waals surface area contributed by atoms with Gasteiger partial charge in [0.1, 0.15) is 17.1 Å². The Labute approximate surface area is 122 Å². The van der Waals surface area contributed by atoms with Crippen molar-refractivity contribution in [1.29, 1.82) is 5.26 Å². The van der Waals surface area contributed by atoms with Gasteiger partial charge in [-0.05, 0) is 18.6 Å². The molecule has 1 saturated heterocycles. The number of hydrogen-bond donors (Lipinski definition) is 1. The molecule has 2 atom stereocenters. The monoisotopic (exact) mass is 285 g/mol. The van der Waals surface area contributed by atoms with E-state index in [2.05, 4.69) is 20.9 Å². The maximum Gasteiger partial charge on any atom is 0.113 e. The van der Waals surface area contributed by atoms with E-state index in [0.717, 1.165) is 5.69 Å². The first-order valence-electron chi connectivity index (χ1n) is 6.93. The quantitative estimate of drug-likeness (QED) is 0.907. The van der Waals surface area contributed by atoms with Gasteiger partial charge in [-0.25, -0.2) is 0 Å². The minimum atomic E-state index is -0.371. The number of aromatic nitrogens is 2. The van der Waals surface area contributed by atoms with Crippen LogP contribution in [0.4, 0.5) is 10.1 Å². The number of halogens is 1. The van der Waals surface area contributed by atoms with Crippen LogP contribution in [0.15, 0.2) is 24.5 Å². The molecule has 6 heteroatoms. The highest BCUT2D eigenvalue weighted by Crippen LogP contribution is 2.29. The Morgan fingerprint density at radius 2 is 2.05 bits per heavy atom. The second-order valence-electron chi connectivity index (χ2n) is 5.42. The van der Waals surface area contributed by atoms with Gasteiger partial charge in [-0.3, -0.25) is 14.4 Å². The predicted molar refractivity (Wildman–Crippen MR) is 78.5 cm³/mol. The summed E-state index contributed by atoms with van der Waals surface area (Å²) >= 11 is 0. The van der Waals surface area contributed by atoms with Crippen LogP contribution >= 0.6 is 0 Å². The first kappa shape index (κ1) is 13.7. The summed E-state index contributed by atoms with van der Waals surface area (Å²) in [6.45, 7) is 0.903. The Balaban J connectivity index is 2.07. The predicted octanol–water partition coefficient (Wildman–Crippen LogP) is 1.62. The molecule has 21 heavy (non-hydrogen) atoms. The molecule has 1 fully saturated rings. The van der Waals surface area contributed by atoms with Gasteiger partial charge in [0.25, 0.3) is 0 Å². The lowest BCUT2D eigenvalue weighted by atomic mass is 9.95. The van der Waals surface area contributed by atoms with Gasteiger partial charge in [0.05, 0.1) is 17.9 Å². The fourth-order valence-electron chi connectivity index (χ4n) is 2.94. The average molecular weight is 285 g/mol. The number of fused-ring (bicyclic) bond motifs is 1. The number of piperidine rings is 1. The molecule has 5 nitrogen and oxygen atoms in total. The smallest absolute Gasteiger partial charge is 0.113 e. The SMILES string of the molecule is N#Cc1ccc(N2CC(N)CC(CF)C2)c2nccnc12. The molecule has 3 rings (SSSR count). The minimum Gasteiger partial charge on any atom is -0.368 e. The van der Waals surface area contributed by atoms with E-state index in [1.807, 2.05) is 6.07 Å². The summed E-state index contributed by atoms with van der Waals surface area (Å²) < 4.78 is 13.0. The van der Waals surface area contributed by atoms with Crippen molar-refractivity contribution in [3.63, 3.8) is 0 Å². The molecule has 1 aromatic carbocycles. The first-order valence-corrected chi connectivity index (χ1v) is 6.93. The molecule has 0 amide bonds. The third-order valence-corrected chi connectivity index (χ3v) is 3.85. The Bertz CT molecular complexity index is 696.